The van der Waals surface area contributed by atoms with Gasteiger partial charge in [0.15, 0.2) is 0 Å². The third-order valence-corrected chi connectivity index (χ3v) is 6.37. The predicted molar refractivity (Wildman–Crippen MR) is 113 cm³/mol. The number of nitrogens with zero attached hydrogens (tertiary/aromatic N) is 2. The Morgan fingerprint density at radius 3 is 2.63 bits per heavy atom. The molecule has 2 heterocycles. The number of carbonyl (C=O) groups excluding carboxylic acids is 1. The van der Waals surface area contributed by atoms with Crippen LogP contribution >= 0.6 is 0 Å². The number of hydrogen-bond donors (Lipinski definition) is 1. The Morgan fingerprint density at radius 2 is 1.90 bits per heavy atom. The molecule has 3 atom stereocenters. The fraction of sp³-hybridized carbons (Fsp3) is 0.348. The number of non-ortho nitro benzene ring substituents is 1. The molecule has 3 aliphatic rings. The highest BCUT2D eigenvalue weighted by Crippen LogP contribution is 2.50. The molecule has 154 valence electrons. The van der Waals surface area contributed by atoms with Gasteiger partial charge in [-0.1, -0.05) is 24.3 Å². The van der Waals surface area contributed by atoms with Gasteiger partial charge in [0.1, 0.15) is 0 Å². The summed E-state index contributed by atoms with van der Waals surface area (Å²) >= 11 is 0. The SMILES string of the molecule is O=C(c1ccc2c(c1)[C@@H]1C=CC[C@@H]1[C@@H](c1ccc([N+](=O)[O-])cc1)N2)N1CCOCC1. The summed E-state index contributed by atoms with van der Waals surface area (Å²) in [6.07, 6.45) is 5.35. The van der Waals surface area contributed by atoms with Gasteiger partial charge in [-0.2, -0.15) is 0 Å². The molecule has 2 aromatic rings. The molecular formula is C23H23N3O4. The lowest BCUT2D eigenvalue weighted by Gasteiger charge is -2.38. The Bertz CT molecular complexity index is 1010. The Kier molecular flexibility index (Phi) is 4.75. The summed E-state index contributed by atoms with van der Waals surface area (Å²) < 4.78 is 5.36. The van der Waals surface area contributed by atoms with Crippen molar-refractivity contribution in [2.24, 2.45) is 5.92 Å². The van der Waals surface area contributed by atoms with Crippen LogP contribution in [0.1, 0.15) is 39.9 Å². The summed E-state index contributed by atoms with van der Waals surface area (Å²) in [5.74, 6) is 0.587. The fourth-order valence-electron chi connectivity index (χ4n) is 4.81. The third kappa shape index (κ3) is 3.25. The van der Waals surface area contributed by atoms with Crippen molar-refractivity contribution in [2.75, 3.05) is 31.6 Å². The Labute approximate surface area is 174 Å². The molecular weight excluding hydrogens is 382 g/mol. The van der Waals surface area contributed by atoms with Crippen molar-refractivity contribution >= 4 is 17.3 Å². The van der Waals surface area contributed by atoms with Gasteiger partial charge in [0.2, 0.25) is 0 Å². The van der Waals surface area contributed by atoms with Gasteiger partial charge >= 0.3 is 0 Å². The summed E-state index contributed by atoms with van der Waals surface area (Å²) in [5, 5.41) is 14.6. The normalized spacial score (nSPS) is 24.7. The van der Waals surface area contributed by atoms with E-state index in [9.17, 15) is 14.9 Å². The Balaban J connectivity index is 1.44. The molecule has 2 aliphatic heterocycles. The van der Waals surface area contributed by atoms with Crippen molar-refractivity contribution in [1.82, 2.24) is 4.90 Å². The van der Waals surface area contributed by atoms with Crippen molar-refractivity contribution < 1.29 is 14.5 Å². The quantitative estimate of drug-likeness (QED) is 0.476. The number of hydrogen-bond acceptors (Lipinski definition) is 5. The second-order valence-electron chi connectivity index (χ2n) is 8.03. The average molecular weight is 405 g/mol. The molecule has 7 nitrogen and oxygen atoms in total. The van der Waals surface area contributed by atoms with Gasteiger partial charge in [-0.25, -0.2) is 0 Å². The number of amides is 1. The van der Waals surface area contributed by atoms with Gasteiger partial charge in [-0.05, 0) is 41.7 Å². The summed E-state index contributed by atoms with van der Waals surface area (Å²) in [6, 6.07) is 12.8. The molecule has 5 rings (SSSR count). The van der Waals surface area contributed by atoms with Crippen LogP contribution < -0.4 is 5.32 Å². The number of anilines is 1. The zero-order valence-electron chi connectivity index (χ0n) is 16.5. The molecule has 1 N–H and O–H groups in total. The van der Waals surface area contributed by atoms with Gasteiger partial charge in [0, 0.05) is 42.4 Å². The molecule has 0 aromatic heterocycles. The second kappa shape index (κ2) is 7.57. The molecule has 2 aromatic carbocycles. The zero-order valence-corrected chi connectivity index (χ0v) is 16.5. The maximum Gasteiger partial charge on any atom is 0.269 e. The van der Waals surface area contributed by atoms with Crippen LogP contribution in [0.5, 0.6) is 0 Å². The van der Waals surface area contributed by atoms with E-state index in [2.05, 4.69) is 17.5 Å². The summed E-state index contributed by atoms with van der Waals surface area (Å²) in [5.41, 5.74) is 4.02. The number of fused-ring (bicyclic) bond motifs is 3. The molecule has 1 amide bonds. The topological polar surface area (TPSA) is 84.7 Å². The number of nitro groups is 1. The van der Waals surface area contributed by atoms with Crippen molar-refractivity contribution in [1.29, 1.82) is 0 Å². The maximum atomic E-state index is 12.9. The van der Waals surface area contributed by atoms with Crippen LogP contribution in [-0.2, 0) is 4.74 Å². The van der Waals surface area contributed by atoms with E-state index in [1.165, 1.54) is 0 Å². The van der Waals surface area contributed by atoms with E-state index in [1.54, 1.807) is 12.1 Å². The lowest BCUT2D eigenvalue weighted by atomic mass is 9.76. The monoisotopic (exact) mass is 405 g/mol. The van der Waals surface area contributed by atoms with Crippen LogP contribution in [0.4, 0.5) is 11.4 Å². The van der Waals surface area contributed by atoms with E-state index in [1.807, 2.05) is 35.2 Å². The second-order valence-corrected chi connectivity index (χ2v) is 8.03. The Morgan fingerprint density at radius 1 is 1.13 bits per heavy atom. The standard InChI is InChI=1S/C23H23N3O4/c27-23(25-10-12-30-13-11-25)16-6-9-21-20(14-16)18-2-1-3-19(18)22(24-21)15-4-7-17(8-5-15)26(28)29/h1-2,4-9,14,18-19,22,24H,3,10-13H2/t18-,19+,22-/m1/s1. The summed E-state index contributed by atoms with van der Waals surface area (Å²) in [6.45, 7) is 2.43. The van der Waals surface area contributed by atoms with E-state index in [4.69, 9.17) is 4.74 Å². The van der Waals surface area contributed by atoms with Gasteiger partial charge in [0.05, 0.1) is 24.2 Å². The molecule has 7 heteroatoms. The number of carbonyl (C=O) groups is 1. The third-order valence-electron chi connectivity index (χ3n) is 6.37. The maximum absolute atomic E-state index is 12.9. The highest BCUT2D eigenvalue weighted by molar-refractivity contribution is 5.95. The van der Waals surface area contributed by atoms with Gasteiger partial charge in [-0.15, -0.1) is 0 Å². The minimum Gasteiger partial charge on any atom is -0.378 e. The average Bonchev–Trinajstić information content (AvgIpc) is 3.29. The lowest BCUT2D eigenvalue weighted by Crippen LogP contribution is -2.40. The van der Waals surface area contributed by atoms with Crippen LogP contribution in [0.15, 0.2) is 54.6 Å². The van der Waals surface area contributed by atoms with Crippen LogP contribution in [0.25, 0.3) is 0 Å². The molecule has 0 unspecified atom stereocenters. The first-order valence-corrected chi connectivity index (χ1v) is 10.3. The lowest BCUT2D eigenvalue weighted by molar-refractivity contribution is -0.384. The molecule has 1 saturated heterocycles. The molecule has 0 radical (unpaired) electrons. The smallest absolute Gasteiger partial charge is 0.269 e. The number of nitrogens with one attached hydrogen (secondary N) is 1. The summed E-state index contributed by atoms with van der Waals surface area (Å²) in [7, 11) is 0. The first kappa shape index (κ1) is 18.8. The Hall–Kier alpha value is -3.19. The minimum absolute atomic E-state index is 0.0529. The first-order valence-electron chi connectivity index (χ1n) is 10.3. The van der Waals surface area contributed by atoms with E-state index < -0.39 is 0 Å². The van der Waals surface area contributed by atoms with Crippen molar-refractivity contribution in [3.8, 4) is 0 Å². The molecule has 30 heavy (non-hydrogen) atoms. The van der Waals surface area contributed by atoms with E-state index in [0.29, 0.717) is 37.8 Å². The van der Waals surface area contributed by atoms with Crippen LogP contribution in [0.2, 0.25) is 0 Å². The largest absolute Gasteiger partial charge is 0.378 e. The van der Waals surface area contributed by atoms with Crippen molar-refractivity contribution in [3.63, 3.8) is 0 Å². The van der Waals surface area contributed by atoms with Gasteiger partial charge in [0.25, 0.3) is 11.6 Å². The van der Waals surface area contributed by atoms with E-state index in [-0.39, 0.29) is 28.5 Å². The van der Waals surface area contributed by atoms with Crippen molar-refractivity contribution in [3.05, 3.63) is 81.4 Å². The number of allylic oxidation sites excluding steroid dienone is 2. The number of rotatable bonds is 3. The van der Waals surface area contributed by atoms with Crippen LogP contribution in [-0.4, -0.2) is 42.0 Å². The fourth-order valence-corrected chi connectivity index (χ4v) is 4.81. The van der Waals surface area contributed by atoms with Crippen LogP contribution in [0.3, 0.4) is 0 Å². The zero-order chi connectivity index (χ0) is 20.7. The molecule has 0 spiro atoms. The highest BCUT2D eigenvalue weighted by Gasteiger charge is 2.38. The van der Waals surface area contributed by atoms with E-state index in [0.717, 1.165) is 23.2 Å². The van der Waals surface area contributed by atoms with E-state index >= 15 is 0 Å². The summed E-state index contributed by atoms with van der Waals surface area (Å²) in [4.78, 5) is 25.4. The van der Waals surface area contributed by atoms with Gasteiger partial charge in [-0.3, -0.25) is 14.9 Å². The minimum atomic E-state index is -0.375. The molecule has 1 aliphatic carbocycles. The molecule has 1 fully saturated rings. The van der Waals surface area contributed by atoms with Crippen LogP contribution in [0, 0.1) is 16.0 Å². The van der Waals surface area contributed by atoms with Crippen molar-refractivity contribution in [2.45, 2.75) is 18.4 Å². The number of morpholine rings is 1. The predicted octanol–water partition coefficient (Wildman–Crippen LogP) is 3.89. The number of nitro benzene ring substituents is 1. The molecule has 0 saturated carbocycles. The highest BCUT2D eigenvalue weighted by atomic mass is 16.6. The number of ether oxygens (including phenoxy) is 1. The number of benzene rings is 2. The first-order chi connectivity index (χ1) is 14.6. The molecule has 0 bridgehead atoms. The van der Waals surface area contributed by atoms with Gasteiger partial charge < -0.3 is 15.0 Å².